The molecule has 2 saturated heterocycles. The van der Waals surface area contributed by atoms with Gasteiger partial charge < -0.3 is 69.3 Å². The fraction of sp³-hybridized carbons (Fsp3) is 0.452. The fourth-order valence-electron chi connectivity index (χ4n) is 5.39. The summed E-state index contributed by atoms with van der Waals surface area (Å²) in [5, 5.41) is 94.0. The maximum absolute atomic E-state index is 14.3. The van der Waals surface area contributed by atoms with Crippen molar-refractivity contribution in [1.82, 2.24) is 0 Å². The second kappa shape index (κ2) is 13.2. The molecule has 0 bridgehead atoms. The Morgan fingerprint density at radius 3 is 2.04 bits per heavy atom. The average Bonchev–Trinajstić information content (AvgIpc) is 3.02. The quantitative estimate of drug-likeness (QED) is 0.148. The summed E-state index contributed by atoms with van der Waals surface area (Å²) in [4.78, 5) is 14.3. The highest BCUT2D eigenvalue weighted by molar-refractivity contribution is 5.90. The summed E-state index contributed by atoms with van der Waals surface area (Å²) in [7, 11) is 1.45. The number of aliphatic hydroxyl groups excluding tert-OH is 7. The van der Waals surface area contributed by atoms with Crippen molar-refractivity contribution >= 4 is 11.0 Å². The molecule has 3 heterocycles. The third kappa shape index (κ3) is 6.10. The molecule has 15 heteroatoms. The van der Waals surface area contributed by atoms with Crippen LogP contribution in [0.5, 0.6) is 17.2 Å². The Morgan fingerprint density at radius 1 is 0.826 bits per heavy atom. The molecule has 10 atom stereocenters. The molecule has 2 fully saturated rings. The maximum Gasteiger partial charge on any atom is 0.203 e. The lowest BCUT2D eigenvalue weighted by Gasteiger charge is -2.44. The van der Waals surface area contributed by atoms with Gasteiger partial charge in [-0.25, -0.2) is 0 Å². The number of aromatic hydroxyl groups is 2. The van der Waals surface area contributed by atoms with E-state index in [0.29, 0.717) is 5.75 Å². The Hall–Kier alpha value is -3.61. The van der Waals surface area contributed by atoms with Crippen LogP contribution in [0.3, 0.4) is 0 Å². The van der Waals surface area contributed by atoms with Crippen molar-refractivity contribution < 1.29 is 69.3 Å². The molecule has 9 N–H and O–H groups in total. The number of phenols is 2. The summed E-state index contributed by atoms with van der Waals surface area (Å²) in [5.41, 5.74) is -0.165. The molecule has 1 aromatic heterocycles. The van der Waals surface area contributed by atoms with E-state index >= 15 is 0 Å². The van der Waals surface area contributed by atoms with Crippen LogP contribution in [-0.2, 0) is 20.6 Å². The molecule has 0 amide bonds. The van der Waals surface area contributed by atoms with Gasteiger partial charge in [0.05, 0.1) is 12.7 Å². The smallest absolute Gasteiger partial charge is 0.203 e. The highest BCUT2D eigenvalue weighted by atomic mass is 16.8. The molecule has 0 spiro atoms. The van der Waals surface area contributed by atoms with Crippen molar-refractivity contribution in [2.75, 3.05) is 7.11 Å². The van der Waals surface area contributed by atoms with Crippen LogP contribution in [0, 0.1) is 0 Å². The highest BCUT2D eigenvalue weighted by Crippen LogP contribution is 2.42. The summed E-state index contributed by atoms with van der Waals surface area (Å²) in [6.45, 7) is 3.66. The van der Waals surface area contributed by atoms with Crippen molar-refractivity contribution in [3.05, 3.63) is 63.3 Å². The molecule has 3 aromatic rings. The van der Waals surface area contributed by atoms with Crippen LogP contribution in [0.4, 0.5) is 0 Å². The van der Waals surface area contributed by atoms with Crippen molar-refractivity contribution in [3.8, 4) is 28.6 Å². The van der Waals surface area contributed by atoms with E-state index in [0.717, 1.165) is 11.6 Å². The Labute approximate surface area is 261 Å². The molecule has 0 saturated carbocycles. The van der Waals surface area contributed by atoms with Crippen LogP contribution in [-0.4, -0.2) is 109 Å². The van der Waals surface area contributed by atoms with Gasteiger partial charge in [-0.2, -0.15) is 0 Å². The van der Waals surface area contributed by atoms with E-state index in [2.05, 4.69) is 0 Å². The lowest BCUT2D eigenvalue weighted by atomic mass is 9.90. The van der Waals surface area contributed by atoms with Crippen molar-refractivity contribution in [1.29, 1.82) is 0 Å². The van der Waals surface area contributed by atoms with Crippen LogP contribution < -0.4 is 10.2 Å². The van der Waals surface area contributed by atoms with Crippen molar-refractivity contribution in [2.45, 2.75) is 81.9 Å². The maximum atomic E-state index is 14.3. The molecule has 250 valence electrons. The predicted octanol–water partition coefficient (Wildman–Crippen LogP) is -0.357. The number of phenolic OH excluding ortho intramolecular Hbond substituents is 2. The van der Waals surface area contributed by atoms with Crippen molar-refractivity contribution in [2.24, 2.45) is 0 Å². The molecule has 2 aromatic carbocycles. The zero-order chi connectivity index (χ0) is 33.6. The Kier molecular flexibility index (Phi) is 9.72. The van der Waals surface area contributed by atoms with Crippen LogP contribution >= 0.6 is 0 Å². The first-order valence-electron chi connectivity index (χ1n) is 14.3. The zero-order valence-electron chi connectivity index (χ0n) is 24.9. The lowest BCUT2D eigenvalue weighted by Crippen LogP contribution is -2.61. The van der Waals surface area contributed by atoms with Gasteiger partial charge in [0.1, 0.15) is 76.7 Å². The van der Waals surface area contributed by atoms with E-state index in [1.165, 1.54) is 19.2 Å². The molecule has 2 aliphatic heterocycles. The van der Waals surface area contributed by atoms with Gasteiger partial charge in [-0.3, -0.25) is 4.79 Å². The number of fused-ring (bicyclic) bond motifs is 1. The average molecular weight is 649 g/mol. The number of aliphatic hydroxyl groups is 7. The molecule has 0 radical (unpaired) electrons. The number of hydrogen-bond donors (Lipinski definition) is 9. The minimum Gasteiger partial charge on any atom is -0.507 e. The van der Waals surface area contributed by atoms with E-state index in [1.54, 1.807) is 18.2 Å². The second-order valence-corrected chi connectivity index (χ2v) is 11.4. The van der Waals surface area contributed by atoms with Gasteiger partial charge in [-0.05, 0) is 44.5 Å². The van der Waals surface area contributed by atoms with Crippen LogP contribution in [0.25, 0.3) is 22.3 Å². The molecule has 46 heavy (non-hydrogen) atoms. The molecular formula is C31H36O15. The Balaban J connectivity index is 1.68. The molecule has 0 unspecified atom stereocenters. The van der Waals surface area contributed by atoms with Crippen molar-refractivity contribution in [3.63, 3.8) is 0 Å². The monoisotopic (exact) mass is 648 g/mol. The number of hydrogen-bond acceptors (Lipinski definition) is 15. The number of allylic oxidation sites excluding steroid dienone is 2. The van der Waals surface area contributed by atoms with Gasteiger partial charge in [0.2, 0.25) is 5.43 Å². The zero-order valence-corrected chi connectivity index (χ0v) is 24.9. The lowest BCUT2D eigenvalue weighted by molar-refractivity contribution is -0.394. The summed E-state index contributed by atoms with van der Waals surface area (Å²) in [5.74, 6) is -0.739. The van der Waals surface area contributed by atoms with Gasteiger partial charge in [-0.1, -0.05) is 11.6 Å². The van der Waals surface area contributed by atoms with Gasteiger partial charge in [0.15, 0.2) is 18.9 Å². The number of rotatable bonds is 7. The normalized spacial score (nSPS) is 31.5. The first kappa shape index (κ1) is 33.7. The third-order valence-electron chi connectivity index (χ3n) is 7.99. The largest absolute Gasteiger partial charge is 0.507 e. The van der Waals surface area contributed by atoms with E-state index in [-0.39, 0.29) is 40.0 Å². The topological polar surface area (TPSA) is 249 Å². The number of methoxy groups -OCH3 is 1. The first-order chi connectivity index (χ1) is 21.7. The predicted molar refractivity (Wildman–Crippen MR) is 157 cm³/mol. The second-order valence-electron chi connectivity index (χ2n) is 11.4. The third-order valence-corrected chi connectivity index (χ3v) is 7.99. The van der Waals surface area contributed by atoms with E-state index in [4.69, 9.17) is 23.4 Å². The molecule has 2 aliphatic rings. The van der Waals surface area contributed by atoms with Crippen LogP contribution in [0.15, 0.2) is 51.2 Å². The summed E-state index contributed by atoms with van der Waals surface area (Å²) < 4.78 is 27.7. The van der Waals surface area contributed by atoms with E-state index in [9.17, 15) is 50.8 Å². The number of ether oxygens (including phenoxy) is 4. The standard InChI is InChI=1S/C31H36O15/c1-11(2)4-9-14-15(32)10-16(33)17-19(34)18(26(43-27(14)17)12-5-7-13(42-3)8-6-12)28-22(37)20(35)24(39)30(44-28)46-31-25(40)21(36)23(38)29(41)45-31/h4-8,10,20-25,28-33,35-41H,9H2,1-3H3/t20-,21+,22-,23+,24-,25-,28-,29-,30+,31+/m0/s1. The summed E-state index contributed by atoms with van der Waals surface area (Å²) in [6.07, 6.45) is -17.6. The van der Waals surface area contributed by atoms with E-state index in [1.807, 2.05) is 13.8 Å². The first-order valence-corrected chi connectivity index (χ1v) is 14.3. The Bertz CT molecular complexity index is 1650. The molecule has 15 nitrogen and oxygen atoms in total. The summed E-state index contributed by atoms with van der Waals surface area (Å²) in [6, 6.07) is 7.14. The van der Waals surface area contributed by atoms with Gasteiger partial charge in [-0.15, -0.1) is 0 Å². The van der Waals surface area contributed by atoms with Crippen LogP contribution in [0.2, 0.25) is 0 Å². The molecular weight excluding hydrogens is 612 g/mol. The summed E-state index contributed by atoms with van der Waals surface area (Å²) >= 11 is 0. The van der Waals surface area contributed by atoms with Gasteiger partial charge in [0, 0.05) is 17.2 Å². The van der Waals surface area contributed by atoms with Gasteiger partial charge >= 0.3 is 0 Å². The molecule has 0 aliphatic carbocycles. The minimum absolute atomic E-state index is 0.120. The fourth-order valence-corrected chi connectivity index (χ4v) is 5.39. The number of benzene rings is 2. The Morgan fingerprint density at radius 2 is 1.43 bits per heavy atom. The SMILES string of the molecule is COc1ccc(-c2oc3c(CC=C(C)C)c(O)cc(O)c3c(=O)c2[C@@H]2O[C@H](O[C@H]3O[C@H](O)[C@H](O)[C@@H](O)[C@@H]3O)[C@@H](O)[C@@H](O)[C@@H]2O)cc1. The molecule has 5 rings (SSSR count). The van der Waals surface area contributed by atoms with E-state index < -0.39 is 78.3 Å². The van der Waals surface area contributed by atoms with Gasteiger partial charge in [0.25, 0.3) is 0 Å². The highest BCUT2D eigenvalue weighted by Gasteiger charge is 2.51. The van der Waals surface area contributed by atoms with Crippen LogP contribution in [0.1, 0.15) is 31.1 Å². The minimum atomic E-state index is -2.04.